The lowest BCUT2D eigenvalue weighted by atomic mass is 10.3. The van der Waals surface area contributed by atoms with Crippen LogP contribution in [0.4, 0.5) is 0 Å². The highest BCUT2D eigenvalue weighted by Gasteiger charge is 2.15. The Labute approximate surface area is 109 Å². The summed E-state index contributed by atoms with van der Waals surface area (Å²) in [4.78, 5) is 27.0. The Hall–Kier alpha value is -1.10. The van der Waals surface area contributed by atoms with Crippen LogP contribution in [0.1, 0.15) is 32.6 Å². The van der Waals surface area contributed by atoms with E-state index in [2.05, 4.69) is 4.90 Å². The Morgan fingerprint density at radius 1 is 1.22 bits per heavy atom. The molecule has 1 saturated heterocycles. The first-order valence-electron chi connectivity index (χ1n) is 6.75. The van der Waals surface area contributed by atoms with Gasteiger partial charge < -0.3 is 14.5 Å². The molecule has 5 nitrogen and oxygen atoms in total. The average Bonchev–Trinajstić information content (AvgIpc) is 2.86. The normalized spacial score (nSPS) is 15.7. The highest BCUT2D eigenvalue weighted by atomic mass is 16.5. The van der Waals surface area contributed by atoms with Gasteiger partial charge in [-0.2, -0.15) is 0 Å². The summed E-state index contributed by atoms with van der Waals surface area (Å²) in [5.41, 5.74) is 0. The van der Waals surface area contributed by atoms with Gasteiger partial charge in [0.05, 0.1) is 13.0 Å². The van der Waals surface area contributed by atoms with Gasteiger partial charge in [0.15, 0.2) is 0 Å². The Kier molecular flexibility index (Phi) is 6.72. The molecule has 0 aromatic carbocycles. The number of hydrogen-bond donors (Lipinski definition) is 0. The number of carbonyl (C=O) groups excluding carboxylic acids is 2. The van der Waals surface area contributed by atoms with Gasteiger partial charge in [-0.05, 0) is 32.9 Å². The van der Waals surface area contributed by atoms with Crippen molar-refractivity contribution in [1.29, 1.82) is 0 Å². The third kappa shape index (κ3) is 5.49. The molecule has 0 spiro atoms. The molecule has 0 atom stereocenters. The molecule has 18 heavy (non-hydrogen) atoms. The molecule has 0 aliphatic carbocycles. The van der Waals surface area contributed by atoms with E-state index in [9.17, 15) is 9.59 Å². The Bertz CT molecular complexity index is 275. The standard InChI is InChI=1S/C13H24N2O3/c1-3-18-13(17)7-6-12(16)14(2)10-11-15-8-4-5-9-15/h3-11H2,1-2H3. The van der Waals surface area contributed by atoms with Crippen LogP contribution in [0.5, 0.6) is 0 Å². The van der Waals surface area contributed by atoms with Gasteiger partial charge in [-0.15, -0.1) is 0 Å². The number of esters is 1. The largest absolute Gasteiger partial charge is 0.466 e. The monoisotopic (exact) mass is 256 g/mol. The summed E-state index contributed by atoms with van der Waals surface area (Å²) in [5.74, 6) is -0.277. The van der Waals surface area contributed by atoms with Gasteiger partial charge >= 0.3 is 5.97 Å². The van der Waals surface area contributed by atoms with Crippen molar-refractivity contribution in [1.82, 2.24) is 9.80 Å². The van der Waals surface area contributed by atoms with Crippen LogP contribution in [0, 0.1) is 0 Å². The first kappa shape index (κ1) is 15.0. The lowest BCUT2D eigenvalue weighted by Gasteiger charge is -2.21. The van der Waals surface area contributed by atoms with Crippen LogP contribution in [-0.4, -0.2) is 61.5 Å². The fourth-order valence-corrected chi connectivity index (χ4v) is 2.06. The topological polar surface area (TPSA) is 49.9 Å². The summed E-state index contributed by atoms with van der Waals surface area (Å²) in [6, 6.07) is 0. The molecule has 0 aromatic heterocycles. The lowest BCUT2D eigenvalue weighted by Crippen LogP contribution is -2.35. The first-order valence-corrected chi connectivity index (χ1v) is 6.75. The number of likely N-dealkylation sites (N-methyl/N-ethyl adjacent to an activating group) is 1. The smallest absolute Gasteiger partial charge is 0.306 e. The van der Waals surface area contributed by atoms with Gasteiger partial charge in [0.2, 0.25) is 5.91 Å². The van der Waals surface area contributed by atoms with Crippen molar-refractivity contribution in [2.24, 2.45) is 0 Å². The van der Waals surface area contributed by atoms with Crippen LogP contribution < -0.4 is 0 Å². The van der Waals surface area contributed by atoms with Crippen molar-refractivity contribution in [3.63, 3.8) is 0 Å². The third-order valence-electron chi connectivity index (χ3n) is 3.22. The van der Waals surface area contributed by atoms with E-state index in [0.717, 1.165) is 26.2 Å². The highest BCUT2D eigenvalue weighted by molar-refractivity contribution is 5.81. The molecule has 1 aliphatic heterocycles. The average molecular weight is 256 g/mol. The first-order chi connectivity index (χ1) is 8.63. The van der Waals surface area contributed by atoms with Gasteiger partial charge in [0, 0.05) is 26.6 Å². The SMILES string of the molecule is CCOC(=O)CCC(=O)N(C)CCN1CCCC1. The van der Waals surface area contributed by atoms with Crippen LogP contribution in [0.25, 0.3) is 0 Å². The minimum absolute atomic E-state index is 0.0160. The van der Waals surface area contributed by atoms with E-state index >= 15 is 0 Å². The number of hydrogen-bond acceptors (Lipinski definition) is 4. The zero-order valence-electron chi connectivity index (χ0n) is 11.5. The second-order valence-electron chi connectivity index (χ2n) is 4.67. The van der Waals surface area contributed by atoms with E-state index in [1.165, 1.54) is 12.8 Å². The van der Waals surface area contributed by atoms with Crippen LogP contribution in [0.2, 0.25) is 0 Å². The number of ether oxygens (including phenoxy) is 1. The lowest BCUT2D eigenvalue weighted by molar-refractivity contribution is -0.145. The number of rotatable bonds is 7. The molecule has 104 valence electrons. The van der Waals surface area contributed by atoms with Gasteiger partial charge in [-0.3, -0.25) is 9.59 Å². The number of nitrogens with zero attached hydrogens (tertiary/aromatic N) is 2. The summed E-state index contributed by atoms with van der Waals surface area (Å²) in [5, 5.41) is 0. The fraction of sp³-hybridized carbons (Fsp3) is 0.846. The zero-order chi connectivity index (χ0) is 13.4. The quantitative estimate of drug-likeness (QED) is 0.635. The second-order valence-corrected chi connectivity index (χ2v) is 4.67. The molecule has 1 aliphatic rings. The van der Waals surface area contributed by atoms with E-state index in [4.69, 9.17) is 4.74 Å². The summed E-state index contributed by atoms with van der Waals surface area (Å²) >= 11 is 0. The predicted octanol–water partition coefficient (Wildman–Crippen LogP) is 0.884. The highest BCUT2D eigenvalue weighted by Crippen LogP contribution is 2.07. The molecule has 1 rings (SSSR count). The maximum Gasteiger partial charge on any atom is 0.306 e. The summed E-state index contributed by atoms with van der Waals surface area (Å²) in [6.07, 6.45) is 2.96. The van der Waals surface area contributed by atoms with Crippen molar-refractivity contribution in [3.05, 3.63) is 0 Å². The molecule has 1 fully saturated rings. The van der Waals surface area contributed by atoms with Crippen LogP contribution in [0.3, 0.4) is 0 Å². The van der Waals surface area contributed by atoms with Crippen molar-refractivity contribution in [2.45, 2.75) is 32.6 Å². The van der Waals surface area contributed by atoms with Crippen LogP contribution >= 0.6 is 0 Å². The van der Waals surface area contributed by atoms with E-state index in [-0.39, 0.29) is 24.7 Å². The molecule has 0 unspecified atom stereocenters. The molecular weight excluding hydrogens is 232 g/mol. The number of amides is 1. The zero-order valence-corrected chi connectivity index (χ0v) is 11.5. The minimum Gasteiger partial charge on any atom is -0.466 e. The van der Waals surface area contributed by atoms with E-state index in [1.807, 2.05) is 0 Å². The van der Waals surface area contributed by atoms with Crippen molar-refractivity contribution >= 4 is 11.9 Å². The van der Waals surface area contributed by atoms with Gasteiger partial charge in [0.1, 0.15) is 0 Å². The maximum atomic E-state index is 11.8. The minimum atomic E-state index is -0.293. The van der Waals surface area contributed by atoms with Crippen molar-refractivity contribution in [3.8, 4) is 0 Å². The van der Waals surface area contributed by atoms with E-state index < -0.39 is 0 Å². The predicted molar refractivity (Wildman–Crippen MR) is 69.2 cm³/mol. The second kappa shape index (κ2) is 8.08. The van der Waals surface area contributed by atoms with Gasteiger partial charge in [0.25, 0.3) is 0 Å². The molecule has 0 aromatic rings. The van der Waals surface area contributed by atoms with Crippen LogP contribution in [0.15, 0.2) is 0 Å². The van der Waals surface area contributed by atoms with Crippen molar-refractivity contribution in [2.75, 3.05) is 39.8 Å². The van der Waals surface area contributed by atoms with E-state index in [0.29, 0.717) is 6.61 Å². The molecule has 5 heteroatoms. The number of carbonyl (C=O) groups is 2. The van der Waals surface area contributed by atoms with E-state index in [1.54, 1.807) is 18.9 Å². The summed E-state index contributed by atoms with van der Waals surface area (Å²) < 4.78 is 4.80. The molecule has 1 amide bonds. The molecular formula is C13H24N2O3. The maximum absolute atomic E-state index is 11.8. The molecule has 0 N–H and O–H groups in total. The molecule has 0 radical (unpaired) electrons. The van der Waals surface area contributed by atoms with Crippen LogP contribution in [-0.2, 0) is 14.3 Å². The fourth-order valence-electron chi connectivity index (χ4n) is 2.06. The molecule has 1 heterocycles. The number of likely N-dealkylation sites (tertiary alicyclic amines) is 1. The Morgan fingerprint density at radius 3 is 2.50 bits per heavy atom. The summed E-state index contributed by atoms with van der Waals surface area (Å²) in [6.45, 7) is 6.10. The van der Waals surface area contributed by atoms with Crippen molar-refractivity contribution < 1.29 is 14.3 Å². The van der Waals surface area contributed by atoms with Gasteiger partial charge in [-0.1, -0.05) is 0 Å². The molecule has 0 saturated carbocycles. The molecule has 0 bridgehead atoms. The summed E-state index contributed by atoms with van der Waals surface area (Å²) in [7, 11) is 1.80. The Morgan fingerprint density at radius 2 is 1.89 bits per heavy atom. The van der Waals surface area contributed by atoms with Gasteiger partial charge in [-0.25, -0.2) is 0 Å². The Balaban J connectivity index is 2.13. The third-order valence-corrected chi connectivity index (χ3v) is 3.22.